The average molecular weight is 221 g/mol. The van der Waals surface area contributed by atoms with E-state index in [4.69, 9.17) is 5.73 Å². The molecule has 0 saturated carbocycles. The highest BCUT2D eigenvalue weighted by Gasteiger charge is 1.99. The average Bonchev–Trinajstić information content (AvgIpc) is 2.64. The van der Waals surface area contributed by atoms with Crippen LogP contribution in [0.5, 0.6) is 0 Å². The first kappa shape index (κ1) is 9.62. The van der Waals surface area contributed by atoms with Crippen LogP contribution in [0, 0.1) is 0 Å². The molecule has 1 heterocycles. The fraction of sp³-hybridized carbons (Fsp3) is 0.0909. The van der Waals surface area contributed by atoms with Crippen LogP contribution in [0.3, 0.4) is 0 Å². The second-order valence-corrected chi connectivity index (χ2v) is 4.66. The Morgan fingerprint density at radius 2 is 2.14 bits per heavy atom. The summed E-state index contributed by atoms with van der Waals surface area (Å²) in [4.78, 5) is 2.22. The number of benzene rings is 1. The fourth-order valence-electron chi connectivity index (χ4n) is 1.31. The Morgan fingerprint density at radius 3 is 2.79 bits per heavy atom. The Hall–Kier alpha value is -0.930. The molecule has 3 heteroatoms. The van der Waals surface area contributed by atoms with Crippen LogP contribution in [0.4, 0.5) is 5.69 Å². The van der Waals surface area contributed by atoms with Gasteiger partial charge in [0.1, 0.15) is 0 Å². The Labute approximate surface area is 93.0 Å². The molecule has 2 rings (SSSR count). The lowest BCUT2D eigenvalue weighted by Crippen LogP contribution is -1.90. The Morgan fingerprint density at radius 1 is 1.29 bits per heavy atom. The molecule has 0 unspecified atom stereocenters. The number of hydrogen-bond acceptors (Lipinski definition) is 3. The van der Waals surface area contributed by atoms with Crippen molar-refractivity contribution < 1.29 is 0 Å². The summed E-state index contributed by atoms with van der Waals surface area (Å²) in [6, 6.07) is 10.2. The summed E-state index contributed by atoms with van der Waals surface area (Å²) in [5.74, 6) is 0. The smallest absolute Gasteiger partial charge is 0.0449 e. The summed E-state index contributed by atoms with van der Waals surface area (Å²) in [5, 5.41) is 2.09. The monoisotopic (exact) mass is 221 g/mol. The van der Waals surface area contributed by atoms with Crippen LogP contribution in [-0.4, -0.2) is 0 Å². The van der Waals surface area contributed by atoms with E-state index < -0.39 is 0 Å². The van der Waals surface area contributed by atoms with Crippen molar-refractivity contribution in [2.24, 2.45) is 0 Å². The van der Waals surface area contributed by atoms with E-state index in [1.54, 1.807) is 11.3 Å². The summed E-state index contributed by atoms with van der Waals surface area (Å²) in [6.07, 6.45) is 0.964. The maximum Gasteiger partial charge on any atom is 0.0449 e. The molecule has 2 aromatic rings. The maximum absolute atomic E-state index is 5.69. The van der Waals surface area contributed by atoms with Gasteiger partial charge in [0.05, 0.1) is 0 Å². The largest absolute Gasteiger partial charge is 0.398 e. The van der Waals surface area contributed by atoms with Crippen LogP contribution in [0.2, 0.25) is 0 Å². The lowest BCUT2D eigenvalue weighted by atomic mass is 10.1. The van der Waals surface area contributed by atoms with Crippen LogP contribution in [0.1, 0.15) is 10.4 Å². The molecule has 0 aliphatic heterocycles. The molecule has 0 bridgehead atoms. The first-order valence-corrected chi connectivity index (χ1v) is 5.68. The normalized spacial score (nSPS) is 10.4. The van der Waals surface area contributed by atoms with Gasteiger partial charge >= 0.3 is 0 Å². The van der Waals surface area contributed by atoms with Crippen LogP contribution < -0.4 is 5.73 Å². The minimum Gasteiger partial charge on any atom is -0.398 e. The third-order valence-electron chi connectivity index (χ3n) is 2.05. The van der Waals surface area contributed by atoms with Crippen molar-refractivity contribution in [3.63, 3.8) is 0 Å². The minimum atomic E-state index is 0.739. The molecule has 1 aromatic carbocycles. The maximum atomic E-state index is 5.69. The van der Waals surface area contributed by atoms with Gasteiger partial charge < -0.3 is 5.73 Å². The number of rotatable bonds is 2. The third-order valence-corrected chi connectivity index (χ3v) is 3.32. The van der Waals surface area contributed by atoms with Crippen LogP contribution in [0.25, 0.3) is 0 Å². The number of anilines is 1. The van der Waals surface area contributed by atoms with Crippen LogP contribution in [-0.2, 0) is 6.42 Å². The van der Waals surface area contributed by atoms with Gasteiger partial charge in [0.2, 0.25) is 0 Å². The zero-order chi connectivity index (χ0) is 9.97. The molecular weight excluding hydrogens is 210 g/mol. The quantitative estimate of drug-likeness (QED) is 0.591. The first-order chi connectivity index (χ1) is 6.75. The van der Waals surface area contributed by atoms with Crippen LogP contribution >= 0.6 is 24.0 Å². The van der Waals surface area contributed by atoms with Gasteiger partial charge in [-0.25, -0.2) is 0 Å². The fourth-order valence-corrected chi connectivity index (χ4v) is 2.29. The topological polar surface area (TPSA) is 26.0 Å². The summed E-state index contributed by atoms with van der Waals surface area (Å²) in [6.45, 7) is 0. The predicted molar refractivity (Wildman–Crippen MR) is 65.2 cm³/mol. The van der Waals surface area contributed by atoms with E-state index in [1.807, 2.05) is 12.1 Å². The van der Waals surface area contributed by atoms with E-state index >= 15 is 0 Å². The minimum absolute atomic E-state index is 0.739. The molecule has 0 spiro atoms. The summed E-state index contributed by atoms with van der Waals surface area (Å²) in [7, 11) is 0. The third kappa shape index (κ3) is 2.11. The SMILES string of the molecule is Nc1ccc(Cc2cccs2)cc1S. The number of nitrogen functional groups attached to an aromatic ring is 1. The Kier molecular flexibility index (Phi) is 2.79. The van der Waals surface area contributed by atoms with Gasteiger partial charge in [-0.1, -0.05) is 12.1 Å². The molecule has 0 aliphatic rings. The molecule has 1 nitrogen and oxygen atoms in total. The molecule has 0 atom stereocenters. The van der Waals surface area contributed by atoms with Gasteiger partial charge in [-0.2, -0.15) is 0 Å². The molecule has 1 aromatic heterocycles. The van der Waals surface area contributed by atoms with Crippen molar-refractivity contribution >= 4 is 29.7 Å². The molecule has 0 amide bonds. The van der Waals surface area contributed by atoms with Gasteiger partial charge in [-0.05, 0) is 29.1 Å². The van der Waals surface area contributed by atoms with E-state index in [0.29, 0.717) is 0 Å². The molecule has 2 N–H and O–H groups in total. The van der Waals surface area contributed by atoms with Crippen molar-refractivity contribution in [1.82, 2.24) is 0 Å². The number of nitrogens with two attached hydrogens (primary N) is 1. The molecular formula is C11H11NS2. The lowest BCUT2D eigenvalue weighted by Gasteiger charge is -2.02. The van der Waals surface area contributed by atoms with Crippen molar-refractivity contribution in [3.8, 4) is 0 Å². The Bertz CT molecular complexity index is 421. The van der Waals surface area contributed by atoms with Crippen molar-refractivity contribution in [1.29, 1.82) is 0 Å². The standard InChI is InChI=1S/C11H11NS2/c12-10-4-3-8(7-11(10)13)6-9-2-1-5-14-9/h1-5,7,13H,6,12H2. The van der Waals surface area contributed by atoms with E-state index in [0.717, 1.165) is 17.0 Å². The van der Waals surface area contributed by atoms with Gasteiger partial charge in [0, 0.05) is 21.9 Å². The second-order valence-electron chi connectivity index (χ2n) is 3.15. The number of hydrogen-bond donors (Lipinski definition) is 2. The molecule has 0 aliphatic carbocycles. The van der Waals surface area contributed by atoms with E-state index in [1.165, 1.54) is 10.4 Å². The van der Waals surface area contributed by atoms with Crippen molar-refractivity contribution in [3.05, 3.63) is 46.2 Å². The first-order valence-electron chi connectivity index (χ1n) is 4.35. The second kappa shape index (κ2) is 4.07. The molecule has 72 valence electrons. The van der Waals surface area contributed by atoms with E-state index in [-0.39, 0.29) is 0 Å². The number of thiophene rings is 1. The molecule has 0 saturated heterocycles. The lowest BCUT2D eigenvalue weighted by molar-refractivity contribution is 1.21. The Balaban J connectivity index is 2.22. The highest BCUT2D eigenvalue weighted by molar-refractivity contribution is 7.80. The molecule has 0 radical (unpaired) electrons. The summed E-state index contributed by atoms with van der Waals surface area (Å²) < 4.78 is 0. The highest BCUT2D eigenvalue weighted by atomic mass is 32.1. The van der Waals surface area contributed by atoms with Gasteiger partial charge in [-0.3, -0.25) is 0 Å². The van der Waals surface area contributed by atoms with Gasteiger partial charge in [0.15, 0.2) is 0 Å². The van der Waals surface area contributed by atoms with Crippen molar-refractivity contribution in [2.75, 3.05) is 5.73 Å². The van der Waals surface area contributed by atoms with Crippen LogP contribution in [0.15, 0.2) is 40.6 Å². The van der Waals surface area contributed by atoms with Gasteiger partial charge in [-0.15, -0.1) is 24.0 Å². The summed E-state index contributed by atoms with van der Waals surface area (Å²) in [5.41, 5.74) is 7.68. The zero-order valence-corrected chi connectivity index (χ0v) is 9.31. The highest BCUT2D eigenvalue weighted by Crippen LogP contribution is 2.21. The summed E-state index contributed by atoms with van der Waals surface area (Å²) >= 11 is 6.07. The van der Waals surface area contributed by atoms with Crippen molar-refractivity contribution in [2.45, 2.75) is 11.3 Å². The predicted octanol–water partition coefficient (Wildman–Crippen LogP) is 3.21. The zero-order valence-electron chi connectivity index (χ0n) is 7.60. The molecule has 0 fully saturated rings. The molecule has 14 heavy (non-hydrogen) atoms. The number of thiol groups is 1. The van der Waals surface area contributed by atoms with Gasteiger partial charge in [0.25, 0.3) is 0 Å². The van der Waals surface area contributed by atoms with E-state index in [9.17, 15) is 0 Å². The van der Waals surface area contributed by atoms with E-state index in [2.05, 4.69) is 36.2 Å².